The van der Waals surface area contributed by atoms with Crippen LogP contribution in [0.4, 0.5) is 0 Å². The van der Waals surface area contributed by atoms with Crippen molar-refractivity contribution in [3.8, 4) is 0 Å². The third-order valence-electron chi connectivity index (χ3n) is 2.70. The van der Waals surface area contributed by atoms with E-state index in [0.717, 1.165) is 16.1 Å². The molecular weight excluding hydrogens is 232 g/mol. The van der Waals surface area contributed by atoms with Crippen molar-refractivity contribution in [1.82, 2.24) is 0 Å². The summed E-state index contributed by atoms with van der Waals surface area (Å²) in [4.78, 5) is 0. The fraction of sp³-hybridized carbons (Fsp3) is 0.200. The number of benzene rings is 2. The van der Waals surface area contributed by atoms with Crippen LogP contribution in [0.2, 0.25) is 5.02 Å². The van der Waals surface area contributed by atoms with Gasteiger partial charge in [-0.05, 0) is 36.1 Å². The molecule has 0 saturated carbocycles. The van der Waals surface area contributed by atoms with Gasteiger partial charge in [0.15, 0.2) is 0 Å². The first kappa shape index (κ1) is 12.2. The number of halogens is 1. The van der Waals surface area contributed by atoms with Gasteiger partial charge in [-0.25, -0.2) is 0 Å². The van der Waals surface area contributed by atoms with Crippen molar-refractivity contribution in [3.63, 3.8) is 0 Å². The molecule has 2 rings (SSSR count). The normalized spacial score (nSPS) is 12.4. The lowest BCUT2D eigenvalue weighted by atomic mass is 10.0. The highest BCUT2D eigenvalue weighted by Gasteiger charge is 2.06. The largest absolute Gasteiger partial charge is 0.392 e. The molecule has 1 atom stereocenters. The first-order chi connectivity index (χ1) is 8.24. The van der Waals surface area contributed by atoms with Crippen LogP contribution in [0.25, 0.3) is 0 Å². The summed E-state index contributed by atoms with van der Waals surface area (Å²) in [6.07, 6.45) is 0.994. The van der Waals surface area contributed by atoms with E-state index < -0.39 is 0 Å². The third-order valence-corrected chi connectivity index (χ3v) is 2.95. The standard InChI is InChI=1S/C15H15ClO/c16-14-8-6-13(7-9-14)11-15(17)10-12-4-2-1-3-5-12/h1-9,15,17H,10-11H2. The Kier molecular flexibility index (Phi) is 4.18. The lowest BCUT2D eigenvalue weighted by Crippen LogP contribution is -2.13. The molecule has 0 amide bonds. The van der Waals surface area contributed by atoms with Gasteiger partial charge in [-0.1, -0.05) is 54.1 Å². The Balaban J connectivity index is 1.93. The average Bonchev–Trinajstić information content (AvgIpc) is 2.33. The summed E-state index contributed by atoms with van der Waals surface area (Å²) < 4.78 is 0. The summed E-state index contributed by atoms with van der Waals surface area (Å²) in [7, 11) is 0. The first-order valence-corrected chi connectivity index (χ1v) is 6.08. The van der Waals surface area contributed by atoms with Gasteiger partial charge in [0.2, 0.25) is 0 Å². The highest BCUT2D eigenvalue weighted by atomic mass is 35.5. The van der Waals surface area contributed by atoms with Crippen molar-refractivity contribution in [1.29, 1.82) is 0 Å². The average molecular weight is 247 g/mol. The van der Waals surface area contributed by atoms with Gasteiger partial charge in [0, 0.05) is 5.02 Å². The van der Waals surface area contributed by atoms with E-state index in [9.17, 15) is 5.11 Å². The second-order valence-corrected chi connectivity index (χ2v) is 4.61. The van der Waals surface area contributed by atoms with Crippen molar-refractivity contribution in [3.05, 3.63) is 70.7 Å². The molecule has 0 bridgehead atoms. The number of hydrogen-bond acceptors (Lipinski definition) is 1. The van der Waals surface area contributed by atoms with Crippen LogP contribution in [-0.2, 0) is 12.8 Å². The van der Waals surface area contributed by atoms with Crippen molar-refractivity contribution in [2.75, 3.05) is 0 Å². The van der Waals surface area contributed by atoms with Gasteiger partial charge in [0.25, 0.3) is 0 Å². The van der Waals surface area contributed by atoms with E-state index in [-0.39, 0.29) is 6.10 Å². The SMILES string of the molecule is OC(Cc1ccccc1)Cc1ccc(Cl)cc1. The molecule has 0 heterocycles. The number of rotatable bonds is 4. The Morgan fingerprint density at radius 3 is 1.94 bits per heavy atom. The molecule has 2 aromatic rings. The minimum atomic E-state index is -0.349. The smallest absolute Gasteiger partial charge is 0.0620 e. The molecule has 1 N–H and O–H groups in total. The first-order valence-electron chi connectivity index (χ1n) is 5.70. The van der Waals surface area contributed by atoms with Crippen molar-refractivity contribution in [2.24, 2.45) is 0 Å². The van der Waals surface area contributed by atoms with Crippen LogP contribution in [0.15, 0.2) is 54.6 Å². The van der Waals surface area contributed by atoms with Crippen LogP contribution in [0.1, 0.15) is 11.1 Å². The summed E-state index contributed by atoms with van der Waals surface area (Å²) in [5.74, 6) is 0. The Hall–Kier alpha value is -1.31. The van der Waals surface area contributed by atoms with Gasteiger partial charge in [-0.3, -0.25) is 0 Å². The molecule has 2 heteroatoms. The zero-order valence-electron chi connectivity index (χ0n) is 9.51. The fourth-order valence-electron chi connectivity index (χ4n) is 1.85. The maximum atomic E-state index is 9.99. The van der Waals surface area contributed by atoms with Crippen LogP contribution >= 0.6 is 11.6 Å². The molecule has 1 unspecified atom stereocenters. The molecule has 0 aliphatic carbocycles. The summed E-state index contributed by atoms with van der Waals surface area (Å²) in [5, 5.41) is 10.7. The van der Waals surface area contributed by atoms with Crippen LogP contribution in [-0.4, -0.2) is 11.2 Å². The molecule has 17 heavy (non-hydrogen) atoms. The zero-order valence-corrected chi connectivity index (χ0v) is 10.3. The molecule has 0 radical (unpaired) electrons. The quantitative estimate of drug-likeness (QED) is 0.876. The lowest BCUT2D eigenvalue weighted by molar-refractivity contribution is 0.175. The van der Waals surface area contributed by atoms with Gasteiger partial charge in [-0.2, -0.15) is 0 Å². The zero-order chi connectivity index (χ0) is 12.1. The summed E-state index contributed by atoms with van der Waals surface area (Å²) in [6.45, 7) is 0. The molecule has 88 valence electrons. The molecular formula is C15H15ClO. The Morgan fingerprint density at radius 1 is 0.824 bits per heavy atom. The van der Waals surface area contributed by atoms with E-state index in [2.05, 4.69) is 0 Å². The van der Waals surface area contributed by atoms with Crippen LogP contribution in [0, 0.1) is 0 Å². The molecule has 0 fully saturated rings. The van der Waals surface area contributed by atoms with E-state index in [1.807, 2.05) is 54.6 Å². The highest BCUT2D eigenvalue weighted by molar-refractivity contribution is 6.30. The van der Waals surface area contributed by atoms with E-state index in [1.54, 1.807) is 0 Å². The van der Waals surface area contributed by atoms with E-state index >= 15 is 0 Å². The third kappa shape index (κ3) is 3.88. The molecule has 0 aliphatic heterocycles. The predicted molar refractivity (Wildman–Crippen MR) is 71.3 cm³/mol. The summed E-state index contributed by atoms with van der Waals surface area (Å²) in [5.41, 5.74) is 2.27. The Morgan fingerprint density at radius 2 is 1.35 bits per heavy atom. The number of aliphatic hydroxyl groups excluding tert-OH is 1. The molecule has 1 nitrogen and oxygen atoms in total. The summed E-state index contributed by atoms with van der Waals surface area (Å²) >= 11 is 5.82. The second-order valence-electron chi connectivity index (χ2n) is 4.17. The van der Waals surface area contributed by atoms with Crippen molar-refractivity contribution >= 4 is 11.6 Å². The minimum Gasteiger partial charge on any atom is -0.392 e. The lowest BCUT2D eigenvalue weighted by Gasteiger charge is -2.10. The highest BCUT2D eigenvalue weighted by Crippen LogP contribution is 2.13. The van der Waals surface area contributed by atoms with Crippen molar-refractivity contribution in [2.45, 2.75) is 18.9 Å². The molecule has 0 aromatic heterocycles. The number of hydrogen-bond donors (Lipinski definition) is 1. The Labute approximate surface area is 107 Å². The number of aliphatic hydroxyl groups is 1. The Bertz CT molecular complexity index is 450. The minimum absolute atomic E-state index is 0.349. The van der Waals surface area contributed by atoms with Gasteiger partial charge in [0.05, 0.1) is 6.10 Å². The maximum Gasteiger partial charge on any atom is 0.0620 e. The van der Waals surface area contributed by atoms with Gasteiger partial charge in [0.1, 0.15) is 0 Å². The van der Waals surface area contributed by atoms with Crippen LogP contribution < -0.4 is 0 Å². The van der Waals surface area contributed by atoms with Crippen LogP contribution in [0.3, 0.4) is 0 Å². The van der Waals surface area contributed by atoms with Crippen LogP contribution in [0.5, 0.6) is 0 Å². The molecule has 0 aliphatic rings. The maximum absolute atomic E-state index is 9.99. The molecule has 2 aromatic carbocycles. The van der Waals surface area contributed by atoms with Gasteiger partial charge >= 0.3 is 0 Å². The topological polar surface area (TPSA) is 20.2 Å². The van der Waals surface area contributed by atoms with Gasteiger partial charge < -0.3 is 5.11 Å². The van der Waals surface area contributed by atoms with E-state index in [1.165, 1.54) is 0 Å². The monoisotopic (exact) mass is 246 g/mol. The predicted octanol–water partition coefficient (Wildman–Crippen LogP) is 3.49. The molecule has 0 saturated heterocycles. The summed E-state index contributed by atoms with van der Waals surface area (Å²) in [6, 6.07) is 17.6. The van der Waals surface area contributed by atoms with Crippen molar-refractivity contribution < 1.29 is 5.11 Å². The van der Waals surface area contributed by atoms with E-state index in [4.69, 9.17) is 11.6 Å². The van der Waals surface area contributed by atoms with E-state index in [0.29, 0.717) is 12.8 Å². The van der Waals surface area contributed by atoms with Gasteiger partial charge in [-0.15, -0.1) is 0 Å². The second kappa shape index (κ2) is 5.85. The molecule has 0 spiro atoms. The fourth-order valence-corrected chi connectivity index (χ4v) is 1.98.